The molecule has 5 heteroatoms. The van der Waals surface area contributed by atoms with Gasteiger partial charge in [0.05, 0.1) is 14.2 Å². The van der Waals surface area contributed by atoms with E-state index in [4.69, 9.17) is 9.47 Å². The quantitative estimate of drug-likeness (QED) is 0.821. The van der Waals surface area contributed by atoms with Gasteiger partial charge in [-0.2, -0.15) is 0 Å². The van der Waals surface area contributed by atoms with Crippen LogP contribution in [0, 0.1) is 0 Å². The van der Waals surface area contributed by atoms with Crippen molar-refractivity contribution in [3.05, 3.63) is 48.0 Å². The molecule has 1 heterocycles. The Morgan fingerprint density at radius 2 is 1.64 bits per heavy atom. The molecule has 0 aliphatic carbocycles. The number of carbonyl (C=O) groups is 1. The second kappa shape index (κ2) is 9.11. The molecule has 1 fully saturated rings. The Bertz CT molecular complexity index is 789. The van der Waals surface area contributed by atoms with Crippen molar-refractivity contribution in [1.29, 1.82) is 0 Å². The smallest absolute Gasteiger partial charge is 0.251 e. The van der Waals surface area contributed by atoms with Gasteiger partial charge >= 0.3 is 0 Å². The van der Waals surface area contributed by atoms with Crippen LogP contribution in [-0.4, -0.2) is 50.2 Å². The molecule has 0 aromatic heterocycles. The van der Waals surface area contributed by atoms with E-state index in [1.807, 2.05) is 42.5 Å². The number of nitrogens with zero attached hydrogens (tertiary/aromatic N) is 1. The fourth-order valence-corrected chi connectivity index (χ4v) is 3.64. The number of piperidine rings is 1. The van der Waals surface area contributed by atoms with Crippen LogP contribution in [0.25, 0.3) is 11.1 Å². The molecule has 0 atom stereocenters. The summed E-state index contributed by atoms with van der Waals surface area (Å²) in [6.45, 7) is 6.51. The van der Waals surface area contributed by atoms with Gasteiger partial charge < -0.3 is 19.7 Å². The molecule has 1 aliphatic rings. The third-order valence-corrected chi connectivity index (χ3v) is 5.40. The largest absolute Gasteiger partial charge is 0.497 e. The topological polar surface area (TPSA) is 50.8 Å². The normalized spacial score (nSPS) is 15.5. The minimum Gasteiger partial charge on any atom is -0.497 e. The SMILES string of the molecule is COc1cc(OC)cc(-c2cccc(C(=O)NC3CCN(C(C)C)CC3)c2)c1. The van der Waals surface area contributed by atoms with Crippen LogP contribution in [0.4, 0.5) is 0 Å². The van der Waals surface area contributed by atoms with Crippen LogP contribution < -0.4 is 14.8 Å². The number of carbonyl (C=O) groups excluding carboxylic acids is 1. The molecule has 1 aliphatic heterocycles. The summed E-state index contributed by atoms with van der Waals surface area (Å²) >= 11 is 0. The van der Waals surface area contributed by atoms with E-state index in [2.05, 4.69) is 24.1 Å². The Kier molecular flexibility index (Phi) is 6.57. The molecule has 0 unspecified atom stereocenters. The summed E-state index contributed by atoms with van der Waals surface area (Å²) in [6, 6.07) is 14.2. The second-order valence-corrected chi connectivity index (χ2v) is 7.56. The van der Waals surface area contributed by atoms with Gasteiger partial charge in [0.15, 0.2) is 0 Å². The van der Waals surface area contributed by atoms with E-state index < -0.39 is 0 Å². The molecular weight excluding hydrogens is 352 g/mol. The maximum atomic E-state index is 12.8. The zero-order valence-corrected chi connectivity index (χ0v) is 17.2. The van der Waals surface area contributed by atoms with Crippen molar-refractivity contribution in [3.63, 3.8) is 0 Å². The average molecular weight is 383 g/mol. The lowest BCUT2D eigenvalue weighted by Gasteiger charge is -2.34. The summed E-state index contributed by atoms with van der Waals surface area (Å²) in [7, 11) is 3.26. The summed E-state index contributed by atoms with van der Waals surface area (Å²) in [5.41, 5.74) is 2.58. The van der Waals surface area contributed by atoms with Crippen LogP contribution in [0.3, 0.4) is 0 Å². The van der Waals surface area contributed by atoms with Crippen LogP contribution in [0.5, 0.6) is 11.5 Å². The Morgan fingerprint density at radius 3 is 2.21 bits per heavy atom. The number of methoxy groups -OCH3 is 2. The number of amides is 1. The van der Waals surface area contributed by atoms with Gasteiger partial charge in [-0.3, -0.25) is 4.79 Å². The lowest BCUT2D eigenvalue weighted by molar-refractivity contribution is 0.0900. The number of ether oxygens (including phenoxy) is 2. The average Bonchev–Trinajstić information content (AvgIpc) is 2.73. The van der Waals surface area contributed by atoms with E-state index in [1.54, 1.807) is 14.2 Å². The Labute approximate surface area is 167 Å². The fourth-order valence-electron chi connectivity index (χ4n) is 3.64. The van der Waals surface area contributed by atoms with Gasteiger partial charge in [0.25, 0.3) is 5.91 Å². The van der Waals surface area contributed by atoms with Crippen molar-refractivity contribution >= 4 is 5.91 Å². The van der Waals surface area contributed by atoms with Gasteiger partial charge in [-0.1, -0.05) is 12.1 Å². The van der Waals surface area contributed by atoms with Gasteiger partial charge in [-0.05, 0) is 62.1 Å². The minimum absolute atomic E-state index is 0.0142. The number of benzene rings is 2. The molecule has 150 valence electrons. The molecule has 1 N–H and O–H groups in total. The van der Waals surface area contributed by atoms with Crippen molar-refractivity contribution in [1.82, 2.24) is 10.2 Å². The molecule has 1 amide bonds. The molecule has 0 spiro atoms. The van der Waals surface area contributed by atoms with Gasteiger partial charge in [-0.15, -0.1) is 0 Å². The van der Waals surface area contributed by atoms with Crippen LogP contribution in [0.15, 0.2) is 42.5 Å². The first kappa shape index (κ1) is 20.2. The predicted octanol–water partition coefficient (Wildman–Crippen LogP) is 3.97. The molecule has 1 saturated heterocycles. The molecule has 0 saturated carbocycles. The monoisotopic (exact) mass is 382 g/mol. The van der Waals surface area contributed by atoms with Gasteiger partial charge in [0.1, 0.15) is 11.5 Å². The third-order valence-electron chi connectivity index (χ3n) is 5.40. The molecule has 0 bridgehead atoms. The third kappa shape index (κ3) is 4.84. The van der Waals surface area contributed by atoms with E-state index in [0.717, 1.165) is 48.6 Å². The Morgan fingerprint density at radius 1 is 1.00 bits per heavy atom. The van der Waals surface area contributed by atoms with Crippen molar-refractivity contribution < 1.29 is 14.3 Å². The minimum atomic E-state index is -0.0142. The van der Waals surface area contributed by atoms with Crippen LogP contribution in [0.2, 0.25) is 0 Å². The maximum Gasteiger partial charge on any atom is 0.251 e. The van der Waals surface area contributed by atoms with E-state index in [-0.39, 0.29) is 11.9 Å². The van der Waals surface area contributed by atoms with Gasteiger partial charge in [0, 0.05) is 36.8 Å². The Hall–Kier alpha value is -2.53. The summed E-state index contributed by atoms with van der Waals surface area (Å²) in [5.74, 6) is 1.43. The summed E-state index contributed by atoms with van der Waals surface area (Å²) in [4.78, 5) is 15.2. The van der Waals surface area contributed by atoms with E-state index >= 15 is 0 Å². The zero-order chi connectivity index (χ0) is 20.1. The van der Waals surface area contributed by atoms with Crippen molar-refractivity contribution in [2.24, 2.45) is 0 Å². The van der Waals surface area contributed by atoms with E-state index in [0.29, 0.717) is 11.6 Å². The molecule has 5 nitrogen and oxygen atoms in total. The number of hydrogen-bond donors (Lipinski definition) is 1. The molecular formula is C23H30N2O3. The van der Waals surface area contributed by atoms with Crippen LogP contribution in [0.1, 0.15) is 37.0 Å². The van der Waals surface area contributed by atoms with Gasteiger partial charge in [0.2, 0.25) is 0 Å². The number of rotatable bonds is 6. The molecule has 2 aromatic carbocycles. The van der Waals surface area contributed by atoms with Crippen molar-refractivity contribution in [2.75, 3.05) is 27.3 Å². The number of hydrogen-bond acceptors (Lipinski definition) is 4. The highest BCUT2D eigenvalue weighted by Crippen LogP contribution is 2.30. The predicted molar refractivity (Wildman–Crippen MR) is 112 cm³/mol. The van der Waals surface area contributed by atoms with Crippen molar-refractivity contribution in [2.45, 2.75) is 38.8 Å². The molecule has 3 rings (SSSR count). The first-order valence-electron chi connectivity index (χ1n) is 9.88. The first-order valence-corrected chi connectivity index (χ1v) is 9.88. The lowest BCUT2D eigenvalue weighted by atomic mass is 10.0. The first-order chi connectivity index (χ1) is 13.5. The van der Waals surface area contributed by atoms with Gasteiger partial charge in [-0.25, -0.2) is 0 Å². The van der Waals surface area contributed by atoms with Crippen LogP contribution >= 0.6 is 0 Å². The summed E-state index contributed by atoms with van der Waals surface area (Å²) in [6.07, 6.45) is 1.99. The fraction of sp³-hybridized carbons (Fsp3) is 0.435. The van der Waals surface area contributed by atoms with Crippen LogP contribution in [-0.2, 0) is 0 Å². The molecule has 2 aromatic rings. The highest BCUT2D eigenvalue weighted by molar-refractivity contribution is 5.95. The summed E-state index contributed by atoms with van der Waals surface area (Å²) in [5, 5.41) is 3.20. The zero-order valence-electron chi connectivity index (χ0n) is 17.2. The number of nitrogens with one attached hydrogen (secondary N) is 1. The highest BCUT2D eigenvalue weighted by atomic mass is 16.5. The maximum absolute atomic E-state index is 12.8. The Balaban J connectivity index is 1.72. The van der Waals surface area contributed by atoms with Crippen molar-refractivity contribution in [3.8, 4) is 22.6 Å². The standard InChI is InChI=1S/C23H30N2O3/c1-16(2)25-10-8-20(9-11-25)24-23(26)18-7-5-6-17(12-18)19-13-21(27-3)15-22(14-19)28-4/h5-7,12-16,20H,8-11H2,1-4H3,(H,24,26). The highest BCUT2D eigenvalue weighted by Gasteiger charge is 2.22. The van der Waals surface area contributed by atoms with E-state index in [9.17, 15) is 4.79 Å². The molecule has 0 radical (unpaired) electrons. The second-order valence-electron chi connectivity index (χ2n) is 7.56. The van der Waals surface area contributed by atoms with E-state index in [1.165, 1.54) is 0 Å². The lowest BCUT2D eigenvalue weighted by Crippen LogP contribution is -2.46. The number of likely N-dealkylation sites (tertiary alicyclic amines) is 1. The molecule has 28 heavy (non-hydrogen) atoms. The summed E-state index contributed by atoms with van der Waals surface area (Å²) < 4.78 is 10.7.